The monoisotopic (exact) mass is 561 g/mol. The molecule has 1 aliphatic heterocycles. The number of aromatic nitrogens is 1. The van der Waals surface area contributed by atoms with E-state index in [1.165, 1.54) is 29.7 Å². The second-order valence-corrected chi connectivity index (χ2v) is 13.4. The molecule has 1 saturated carbocycles. The van der Waals surface area contributed by atoms with Crippen LogP contribution in [0.2, 0.25) is 0 Å². The lowest BCUT2D eigenvalue weighted by Crippen LogP contribution is -2.41. The molecule has 0 bridgehead atoms. The first-order valence-corrected chi connectivity index (χ1v) is 15.5. The van der Waals surface area contributed by atoms with Crippen molar-refractivity contribution in [2.75, 3.05) is 4.90 Å². The molecule has 2 atom stereocenters. The molecule has 2 heterocycles. The fourth-order valence-electron chi connectivity index (χ4n) is 6.68. The second kappa shape index (κ2) is 11.1. The molecule has 0 radical (unpaired) electrons. The normalized spacial score (nSPS) is 20.1. The van der Waals surface area contributed by atoms with E-state index in [-0.39, 0.29) is 11.8 Å². The van der Waals surface area contributed by atoms with Gasteiger partial charge in [0.25, 0.3) is 0 Å². The third-order valence-electron chi connectivity index (χ3n) is 9.10. The van der Waals surface area contributed by atoms with Crippen molar-refractivity contribution < 1.29 is 9.84 Å². The van der Waals surface area contributed by atoms with Gasteiger partial charge in [-0.2, -0.15) is 0 Å². The van der Waals surface area contributed by atoms with Gasteiger partial charge in [-0.25, -0.2) is 4.98 Å². The number of phenols is 1. The summed E-state index contributed by atoms with van der Waals surface area (Å²) >= 11 is 0. The van der Waals surface area contributed by atoms with Crippen LogP contribution in [0.1, 0.15) is 95.8 Å². The number of para-hydroxylation sites is 2. The van der Waals surface area contributed by atoms with E-state index in [4.69, 9.17) is 9.73 Å². The molecule has 42 heavy (non-hydrogen) atoms. The van der Waals surface area contributed by atoms with E-state index in [2.05, 4.69) is 81.8 Å². The molecule has 5 nitrogen and oxygen atoms in total. The van der Waals surface area contributed by atoms with Gasteiger partial charge in [0.05, 0.1) is 12.1 Å². The van der Waals surface area contributed by atoms with E-state index in [9.17, 15) is 5.11 Å². The maximum absolute atomic E-state index is 10.3. The van der Waals surface area contributed by atoms with Crippen molar-refractivity contribution in [2.24, 2.45) is 10.4 Å². The Morgan fingerprint density at radius 1 is 0.857 bits per heavy atom. The third kappa shape index (κ3) is 5.37. The van der Waals surface area contributed by atoms with E-state index in [1.807, 2.05) is 36.4 Å². The summed E-state index contributed by atoms with van der Waals surface area (Å²) in [5.41, 5.74) is 6.02. The number of nitrogens with zero attached hydrogens (tertiary/aromatic N) is 3. The number of ether oxygens (including phenoxy) is 1. The van der Waals surface area contributed by atoms with Gasteiger partial charge in [0.15, 0.2) is 0 Å². The minimum atomic E-state index is 0.147. The first-order chi connectivity index (χ1) is 20.1. The quantitative estimate of drug-likeness (QED) is 0.255. The van der Waals surface area contributed by atoms with Crippen molar-refractivity contribution in [3.63, 3.8) is 0 Å². The highest BCUT2D eigenvalue weighted by molar-refractivity contribution is 6.13. The highest BCUT2D eigenvalue weighted by atomic mass is 16.5. The summed E-state index contributed by atoms with van der Waals surface area (Å²) in [4.78, 5) is 12.7. The maximum atomic E-state index is 10.3. The first kappa shape index (κ1) is 28.3. The molecule has 5 heteroatoms. The van der Waals surface area contributed by atoms with E-state index >= 15 is 0 Å². The highest BCUT2D eigenvalue weighted by Gasteiger charge is 2.42. The Morgan fingerprint density at radius 3 is 2.29 bits per heavy atom. The van der Waals surface area contributed by atoms with Gasteiger partial charge in [-0.3, -0.25) is 4.99 Å². The Kier molecular flexibility index (Phi) is 7.46. The average Bonchev–Trinajstić information content (AvgIpc) is 3.26. The molecule has 2 aliphatic rings. The van der Waals surface area contributed by atoms with Crippen molar-refractivity contribution in [3.05, 3.63) is 89.5 Å². The fourth-order valence-corrected chi connectivity index (χ4v) is 6.68. The zero-order valence-corrected chi connectivity index (χ0v) is 25.8. The molecular formula is C37H43N3O2. The number of phenolic OH excluding ortho intramolecular Hbond substituents is 1. The van der Waals surface area contributed by atoms with Crippen LogP contribution in [0.15, 0.2) is 77.8 Å². The molecule has 6 rings (SSSR count). The maximum Gasteiger partial charge on any atom is 0.219 e. The number of aliphatic imine (C=N–C) groups is 1. The smallest absolute Gasteiger partial charge is 0.219 e. The van der Waals surface area contributed by atoms with Crippen molar-refractivity contribution in [1.82, 2.24) is 4.98 Å². The molecular weight excluding hydrogens is 518 g/mol. The summed E-state index contributed by atoms with van der Waals surface area (Å²) in [5, 5.41) is 11.2. The number of amidine groups is 1. The molecule has 1 aliphatic carbocycles. The number of hydrogen-bond donors (Lipinski definition) is 1. The van der Waals surface area contributed by atoms with Crippen molar-refractivity contribution in [3.8, 4) is 17.4 Å². The van der Waals surface area contributed by atoms with Crippen LogP contribution in [-0.4, -0.2) is 28.0 Å². The molecule has 0 amide bonds. The Hall–Kier alpha value is -3.86. The summed E-state index contributed by atoms with van der Waals surface area (Å²) in [6.45, 7) is 14.0. The number of anilines is 1. The number of pyridine rings is 1. The van der Waals surface area contributed by atoms with Crippen LogP contribution in [0.4, 0.5) is 5.69 Å². The van der Waals surface area contributed by atoms with Crippen LogP contribution in [0, 0.1) is 5.41 Å². The van der Waals surface area contributed by atoms with E-state index < -0.39 is 0 Å². The van der Waals surface area contributed by atoms with E-state index in [1.54, 1.807) is 6.07 Å². The van der Waals surface area contributed by atoms with Crippen LogP contribution in [0.3, 0.4) is 0 Å². The minimum Gasteiger partial charge on any atom is -0.506 e. The van der Waals surface area contributed by atoms with Crippen LogP contribution >= 0.6 is 0 Å². The number of rotatable bonds is 6. The van der Waals surface area contributed by atoms with Gasteiger partial charge in [-0.05, 0) is 78.3 Å². The Morgan fingerprint density at radius 2 is 1.55 bits per heavy atom. The van der Waals surface area contributed by atoms with Crippen LogP contribution in [0.5, 0.6) is 17.4 Å². The molecule has 3 aromatic carbocycles. The zero-order valence-electron chi connectivity index (χ0n) is 25.8. The van der Waals surface area contributed by atoms with Crippen molar-refractivity contribution in [1.29, 1.82) is 0 Å². The molecule has 1 fully saturated rings. The van der Waals surface area contributed by atoms with Gasteiger partial charge in [0.2, 0.25) is 5.88 Å². The third-order valence-corrected chi connectivity index (χ3v) is 9.10. The predicted molar refractivity (Wildman–Crippen MR) is 173 cm³/mol. The number of aromatic hydroxyl groups is 1. The van der Waals surface area contributed by atoms with Gasteiger partial charge < -0.3 is 14.7 Å². The largest absolute Gasteiger partial charge is 0.506 e. The van der Waals surface area contributed by atoms with Crippen LogP contribution in [-0.2, 0) is 0 Å². The Balaban J connectivity index is 1.43. The molecule has 0 spiro atoms. The SMILES string of the molecule is CC(C)c1cccc(C(C)C)c1N1C(c2cccc(Oc3ccc4cccc(O)c4n3)c2)=N[C@H]2CCC(C)(C)CC[C@@H]21. The molecule has 4 aromatic rings. The van der Waals surface area contributed by atoms with Crippen molar-refractivity contribution in [2.45, 2.75) is 91.1 Å². The second-order valence-electron chi connectivity index (χ2n) is 13.4. The van der Waals surface area contributed by atoms with Crippen LogP contribution in [0.25, 0.3) is 10.9 Å². The van der Waals surface area contributed by atoms with E-state index in [0.29, 0.717) is 40.4 Å². The Bertz CT molecular complexity index is 1610. The van der Waals surface area contributed by atoms with E-state index in [0.717, 1.165) is 29.6 Å². The summed E-state index contributed by atoms with van der Waals surface area (Å²) in [6.07, 6.45) is 4.60. The lowest BCUT2D eigenvalue weighted by Gasteiger charge is -2.35. The summed E-state index contributed by atoms with van der Waals surface area (Å²) in [7, 11) is 0. The molecule has 218 valence electrons. The highest BCUT2D eigenvalue weighted by Crippen LogP contribution is 2.45. The van der Waals surface area contributed by atoms with Gasteiger partial charge in [0.1, 0.15) is 22.9 Å². The molecule has 0 saturated heterocycles. The Labute approximate surface area is 250 Å². The summed E-state index contributed by atoms with van der Waals surface area (Å²) in [6, 6.07) is 24.8. The van der Waals surface area contributed by atoms with Gasteiger partial charge in [-0.15, -0.1) is 0 Å². The molecule has 1 N–H and O–H groups in total. The topological polar surface area (TPSA) is 58.0 Å². The standard InChI is InChI=1S/C37H43N3O2/c1-23(2)28-13-9-14-29(24(3)4)35(28)40-31-19-21-37(5,6)20-18-30(31)38-36(40)26-11-7-12-27(22-26)42-33-17-16-25-10-8-15-32(41)34(25)39-33/h7-17,22-24,30-31,41H,18-21H2,1-6H3/t30-,31-/m0/s1. The zero-order chi connectivity index (χ0) is 29.6. The molecule has 1 aromatic heterocycles. The van der Waals surface area contributed by atoms with Crippen LogP contribution < -0.4 is 9.64 Å². The van der Waals surface area contributed by atoms with Gasteiger partial charge >= 0.3 is 0 Å². The lowest BCUT2D eigenvalue weighted by molar-refractivity contribution is 0.311. The number of fused-ring (bicyclic) bond motifs is 2. The predicted octanol–water partition coefficient (Wildman–Crippen LogP) is 9.58. The summed E-state index contributed by atoms with van der Waals surface area (Å²) < 4.78 is 6.28. The summed E-state index contributed by atoms with van der Waals surface area (Å²) in [5.74, 6) is 3.12. The lowest BCUT2D eigenvalue weighted by atomic mass is 9.85. The van der Waals surface area contributed by atoms with Gasteiger partial charge in [0, 0.05) is 22.7 Å². The van der Waals surface area contributed by atoms with Crippen molar-refractivity contribution >= 4 is 22.4 Å². The number of hydrogen-bond acceptors (Lipinski definition) is 5. The first-order valence-electron chi connectivity index (χ1n) is 15.5. The molecule has 0 unspecified atom stereocenters. The van der Waals surface area contributed by atoms with Gasteiger partial charge in [-0.1, -0.05) is 84.0 Å². The number of benzene rings is 3. The fraction of sp³-hybridized carbons (Fsp3) is 0.405. The average molecular weight is 562 g/mol. The minimum absolute atomic E-state index is 0.147.